The molecular formula is C11H14N4O. The topological polar surface area (TPSA) is 77.8 Å². The lowest BCUT2D eigenvalue weighted by molar-refractivity contribution is -0.119. The fraction of sp³-hybridized carbons (Fsp3) is 0.364. The number of nitriles is 1. The van der Waals surface area contributed by atoms with E-state index >= 15 is 0 Å². The monoisotopic (exact) mass is 218 g/mol. The van der Waals surface area contributed by atoms with E-state index in [1.807, 2.05) is 13.0 Å². The fourth-order valence-electron chi connectivity index (χ4n) is 1.09. The zero-order chi connectivity index (χ0) is 11.8. The molecule has 0 aliphatic rings. The number of hydrogen-bond donors (Lipinski definition) is 2. The Hall–Kier alpha value is -2.09. The quantitative estimate of drug-likeness (QED) is 0.769. The number of pyridine rings is 1. The number of rotatable bonds is 5. The van der Waals surface area contributed by atoms with Crippen LogP contribution in [0.25, 0.3) is 0 Å². The van der Waals surface area contributed by atoms with Gasteiger partial charge in [0.1, 0.15) is 17.6 Å². The number of carbonyl (C=O) groups is 1. The highest BCUT2D eigenvalue weighted by molar-refractivity contribution is 5.80. The first-order valence-electron chi connectivity index (χ1n) is 5.14. The molecule has 1 rings (SSSR count). The average molecular weight is 218 g/mol. The van der Waals surface area contributed by atoms with Crippen LogP contribution >= 0.6 is 0 Å². The van der Waals surface area contributed by atoms with E-state index < -0.39 is 0 Å². The van der Waals surface area contributed by atoms with Crippen LogP contribution in [0.1, 0.15) is 19.0 Å². The largest absolute Gasteiger partial charge is 0.361 e. The van der Waals surface area contributed by atoms with Gasteiger partial charge in [0, 0.05) is 6.54 Å². The highest BCUT2D eigenvalue weighted by Crippen LogP contribution is 2.02. The van der Waals surface area contributed by atoms with Crippen molar-refractivity contribution in [2.75, 3.05) is 18.4 Å². The molecule has 0 bridgehead atoms. The van der Waals surface area contributed by atoms with E-state index in [9.17, 15) is 4.79 Å². The summed E-state index contributed by atoms with van der Waals surface area (Å²) in [6.45, 7) is 2.83. The SMILES string of the molecule is CCCNC(=O)CNc1cccc(C#N)n1. The van der Waals surface area contributed by atoms with Crippen LogP contribution < -0.4 is 10.6 Å². The summed E-state index contributed by atoms with van der Waals surface area (Å²) in [6, 6.07) is 6.99. The minimum atomic E-state index is -0.0778. The molecular weight excluding hydrogens is 204 g/mol. The maximum atomic E-state index is 11.3. The van der Waals surface area contributed by atoms with E-state index in [0.29, 0.717) is 18.1 Å². The van der Waals surface area contributed by atoms with Crippen molar-refractivity contribution in [3.63, 3.8) is 0 Å². The van der Waals surface area contributed by atoms with Crippen molar-refractivity contribution in [3.8, 4) is 6.07 Å². The molecule has 0 saturated carbocycles. The van der Waals surface area contributed by atoms with E-state index in [0.717, 1.165) is 6.42 Å². The van der Waals surface area contributed by atoms with Gasteiger partial charge in [0.15, 0.2) is 0 Å². The van der Waals surface area contributed by atoms with Gasteiger partial charge in [0.25, 0.3) is 0 Å². The Bertz CT molecular complexity index is 397. The third kappa shape index (κ3) is 3.96. The Labute approximate surface area is 94.5 Å². The summed E-state index contributed by atoms with van der Waals surface area (Å²) in [5.41, 5.74) is 0.332. The minimum absolute atomic E-state index is 0.0778. The van der Waals surface area contributed by atoms with Crippen molar-refractivity contribution in [2.24, 2.45) is 0 Å². The number of anilines is 1. The van der Waals surface area contributed by atoms with Crippen LogP contribution in [0.5, 0.6) is 0 Å². The molecule has 0 aromatic carbocycles. The molecule has 2 N–H and O–H groups in total. The highest BCUT2D eigenvalue weighted by Gasteiger charge is 2.00. The molecule has 0 unspecified atom stereocenters. The van der Waals surface area contributed by atoms with Crippen molar-refractivity contribution in [1.29, 1.82) is 5.26 Å². The first-order valence-corrected chi connectivity index (χ1v) is 5.14. The van der Waals surface area contributed by atoms with Gasteiger partial charge in [-0.05, 0) is 18.6 Å². The molecule has 0 aliphatic heterocycles. The molecule has 5 nitrogen and oxygen atoms in total. The summed E-state index contributed by atoms with van der Waals surface area (Å²) in [7, 11) is 0. The van der Waals surface area contributed by atoms with Crippen LogP contribution in [-0.4, -0.2) is 24.0 Å². The van der Waals surface area contributed by atoms with E-state index in [1.54, 1.807) is 18.2 Å². The Kier molecular flexibility index (Phi) is 4.80. The Morgan fingerprint density at radius 3 is 3.06 bits per heavy atom. The number of carbonyl (C=O) groups excluding carboxylic acids is 1. The second-order valence-corrected chi connectivity index (χ2v) is 3.22. The maximum Gasteiger partial charge on any atom is 0.239 e. The lowest BCUT2D eigenvalue weighted by Gasteiger charge is -2.05. The standard InChI is InChI=1S/C11H14N4O/c1-2-6-13-11(16)8-14-10-5-3-4-9(7-12)15-10/h3-5H,2,6,8H2,1H3,(H,13,16)(H,14,15). The maximum absolute atomic E-state index is 11.3. The number of nitrogens with one attached hydrogen (secondary N) is 2. The lowest BCUT2D eigenvalue weighted by Crippen LogP contribution is -2.30. The average Bonchev–Trinajstić information content (AvgIpc) is 2.34. The zero-order valence-electron chi connectivity index (χ0n) is 9.16. The van der Waals surface area contributed by atoms with Crippen LogP contribution in [0.3, 0.4) is 0 Å². The molecule has 0 saturated heterocycles. The van der Waals surface area contributed by atoms with Crippen LogP contribution in [0.4, 0.5) is 5.82 Å². The molecule has 1 amide bonds. The van der Waals surface area contributed by atoms with Crippen LogP contribution in [0.2, 0.25) is 0 Å². The third-order valence-corrected chi connectivity index (χ3v) is 1.87. The van der Waals surface area contributed by atoms with E-state index in [4.69, 9.17) is 5.26 Å². The minimum Gasteiger partial charge on any atom is -0.361 e. The van der Waals surface area contributed by atoms with E-state index in [1.165, 1.54) is 0 Å². The molecule has 0 fully saturated rings. The number of nitrogens with zero attached hydrogens (tertiary/aromatic N) is 2. The van der Waals surface area contributed by atoms with Gasteiger partial charge in [-0.25, -0.2) is 4.98 Å². The Morgan fingerprint density at radius 1 is 1.56 bits per heavy atom. The lowest BCUT2D eigenvalue weighted by atomic mass is 10.3. The van der Waals surface area contributed by atoms with E-state index in [2.05, 4.69) is 15.6 Å². The molecule has 84 valence electrons. The Balaban J connectivity index is 2.42. The summed E-state index contributed by atoms with van der Waals surface area (Å²) in [4.78, 5) is 15.3. The molecule has 0 aliphatic carbocycles. The molecule has 0 radical (unpaired) electrons. The molecule has 5 heteroatoms. The molecule has 16 heavy (non-hydrogen) atoms. The predicted molar refractivity (Wildman–Crippen MR) is 60.7 cm³/mol. The molecule has 1 aromatic rings. The van der Waals surface area contributed by atoms with Gasteiger partial charge in [-0.1, -0.05) is 13.0 Å². The first kappa shape index (κ1) is 12.0. The zero-order valence-corrected chi connectivity index (χ0v) is 9.16. The molecule has 0 atom stereocenters. The van der Waals surface area contributed by atoms with Gasteiger partial charge < -0.3 is 10.6 Å². The van der Waals surface area contributed by atoms with Crippen LogP contribution in [0, 0.1) is 11.3 Å². The van der Waals surface area contributed by atoms with Crippen LogP contribution in [0.15, 0.2) is 18.2 Å². The summed E-state index contributed by atoms with van der Waals surface area (Å²) in [6.07, 6.45) is 0.911. The van der Waals surface area contributed by atoms with Crippen molar-refractivity contribution >= 4 is 11.7 Å². The van der Waals surface area contributed by atoms with E-state index in [-0.39, 0.29) is 12.5 Å². The van der Waals surface area contributed by atoms with Crippen molar-refractivity contribution < 1.29 is 4.79 Å². The summed E-state index contributed by atoms with van der Waals surface area (Å²) >= 11 is 0. The van der Waals surface area contributed by atoms with Gasteiger partial charge >= 0.3 is 0 Å². The third-order valence-electron chi connectivity index (χ3n) is 1.87. The predicted octanol–water partition coefficient (Wildman–Crippen LogP) is 0.891. The number of hydrogen-bond acceptors (Lipinski definition) is 4. The van der Waals surface area contributed by atoms with Gasteiger partial charge in [0.05, 0.1) is 6.54 Å². The molecule has 0 spiro atoms. The van der Waals surface area contributed by atoms with Gasteiger partial charge in [-0.3, -0.25) is 4.79 Å². The summed E-state index contributed by atoms with van der Waals surface area (Å²) in [5.74, 6) is 0.455. The van der Waals surface area contributed by atoms with Crippen molar-refractivity contribution in [1.82, 2.24) is 10.3 Å². The van der Waals surface area contributed by atoms with Crippen molar-refractivity contribution in [2.45, 2.75) is 13.3 Å². The second-order valence-electron chi connectivity index (χ2n) is 3.22. The normalized spacial score (nSPS) is 9.25. The molecule has 1 heterocycles. The smallest absolute Gasteiger partial charge is 0.239 e. The molecule has 1 aromatic heterocycles. The summed E-state index contributed by atoms with van der Waals surface area (Å²) in [5, 5.41) is 14.2. The number of amides is 1. The van der Waals surface area contributed by atoms with Gasteiger partial charge in [-0.2, -0.15) is 5.26 Å². The first-order chi connectivity index (χ1) is 7.76. The van der Waals surface area contributed by atoms with Gasteiger partial charge in [0.2, 0.25) is 5.91 Å². The van der Waals surface area contributed by atoms with Crippen molar-refractivity contribution in [3.05, 3.63) is 23.9 Å². The second kappa shape index (κ2) is 6.40. The van der Waals surface area contributed by atoms with Gasteiger partial charge in [-0.15, -0.1) is 0 Å². The number of aromatic nitrogens is 1. The summed E-state index contributed by atoms with van der Waals surface area (Å²) < 4.78 is 0. The Morgan fingerprint density at radius 2 is 2.38 bits per heavy atom. The van der Waals surface area contributed by atoms with Crippen LogP contribution in [-0.2, 0) is 4.79 Å². The highest BCUT2D eigenvalue weighted by atomic mass is 16.1. The fourth-order valence-corrected chi connectivity index (χ4v) is 1.09.